The lowest BCUT2D eigenvalue weighted by molar-refractivity contribution is -0.158. The molecule has 0 aliphatic carbocycles. The number of para-hydroxylation sites is 1. The summed E-state index contributed by atoms with van der Waals surface area (Å²) in [5, 5.41) is 3.03. The number of esters is 3. The molecule has 1 amide bonds. The molecule has 0 bridgehead atoms. The highest BCUT2D eigenvalue weighted by atomic mass is 16.5. The van der Waals surface area contributed by atoms with Crippen LogP contribution in [0.1, 0.15) is 16.8 Å². The van der Waals surface area contributed by atoms with E-state index >= 15 is 0 Å². The lowest BCUT2D eigenvalue weighted by atomic mass is 9.95. The van der Waals surface area contributed by atoms with Crippen LogP contribution >= 0.6 is 0 Å². The molecule has 0 saturated carbocycles. The molecule has 2 atom stereocenters. The van der Waals surface area contributed by atoms with Crippen LogP contribution in [-0.2, 0) is 28.6 Å². The number of hydrogen-bond donors (Lipinski definition) is 1. The molecule has 9 nitrogen and oxygen atoms in total. The predicted octanol–water partition coefficient (Wildman–Crippen LogP) is 0.858. The Morgan fingerprint density at radius 1 is 0.964 bits per heavy atom. The van der Waals surface area contributed by atoms with Crippen molar-refractivity contribution in [3.8, 4) is 0 Å². The van der Waals surface area contributed by atoms with Crippen molar-refractivity contribution in [1.82, 2.24) is 10.3 Å². The summed E-state index contributed by atoms with van der Waals surface area (Å²) in [5.74, 6) is -4.45. The van der Waals surface area contributed by atoms with Gasteiger partial charge in [0.25, 0.3) is 5.91 Å². The van der Waals surface area contributed by atoms with E-state index in [9.17, 15) is 19.2 Å². The summed E-state index contributed by atoms with van der Waals surface area (Å²) in [4.78, 5) is 53.1. The van der Waals surface area contributed by atoms with E-state index in [1.54, 1.807) is 24.3 Å². The van der Waals surface area contributed by atoms with E-state index < -0.39 is 42.2 Å². The Morgan fingerprint density at radius 3 is 2.29 bits per heavy atom. The number of aromatic nitrogens is 1. The summed E-state index contributed by atoms with van der Waals surface area (Å²) in [6.45, 7) is 0. The highest BCUT2D eigenvalue weighted by molar-refractivity contribution is 6.07. The number of amides is 1. The number of fused-ring (bicyclic) bond motifs is 1. The molecule has 1 heterocycles. The van der Waals surface area contributed by atoms with Gasteiger partial charge in [0.05, 0.1) is 44.7 Å². The molecule has 28 heavy (non-hydrogen) atoms. The summed E-state index contributed by atoms with van der Waals surface area (Å²) in [6, 6.07) is 7.00. The predicted molar refractivity (Wildman–Crippen MR) is 97.2 cm³/mol. The number of nitrogens with zero attached hydrogens (tertiary/aromatic N) is 1. The van der Waals surface area contributed by atoms with Crippen molar-refractivity contribution in [2.75, 3.05) is 21.3 Å². The van der Waals surface area contributed by atoms with Crippen molar-refractivity contribution in [3.05, 3.63) is 42.1 Å². The smallest absolute Gasteiger partial charge is 0.329 e. The largest absolute Gasteiger partial charge is 0.469 e. The van der Waals surface area contributed by atoms with Crippen molar-refractivity contribution in [2.45, 2.75) is 12.5 Å². The number of carbonyl (C=O) groups excluding carboxylic acids is 4. The Morgan fingerprint density at radius 2 is 1.64 bits per heavy atom. The molecule has 2 aromatic rings. The number of hydrogen-bond acceptors (Lipinski definition) is 8. The van der Waals surface area contributed by atoms with Gasteiger partial charge >= 0.3 is 17.9 Å². The lowest BCUT2D eigenvalue weighted by Crippen LogP contribution is -2.50. The van der Waals surface area contributed by atoms with Crippen molar-refractivity contribution in [1.29, 1.82) is 0 Å². The molecule has 2 rings (SSSR count). The Bertz CT molecular complexity index is 891. The molecular weight excluding hydrogens is 368 g/mol. The van der Waals surface area contributed by atoms with Crippen LogP contribution in [0.25, 0.3) is 10.9 Å². The van der Waals surface area contributed by atoms with Crippen LogP contribution in [0.5, 0.6) is 0 Å². The number of ether oxygens (including phenoxy) is 3. The zero-order valence-corrected chi connectivity index (χ0v) is 15.6. The van der Waals surface area contributed by atoms with Gasteiger partial charge in [-0.2, -0.15) is 0 Å². The summed E-state index contributed by atoms with van der Waals surface area (Å²) in [6.07, 6.45) is 0.983. The minimum atomic E-state index is -1.45. The van der Waals surface area contributed by atoms with Crippen molar-refractivity contribution < 1.29 is 33.4 Å². The molecule has 0 aliphatic heterocycles. The third kappa shape index (κ3) is 4.61. The Kier molecular flexibility index (Phi) is 7.02. The Balaban J connectivity index is 2.39. The first-order valence-electron chi connectivity index (χ1n) is 8.30. The van der Waals surface area contributed by atoms with Gasteiger partial charge in [0, 0.05) is 11.6 Å². The number of benzene rings is 1. The van der Waals surface area contributed by atoms with Crippen LogP contribution in [0.4, 0.5) is 0 Å². The molecule has 9 heteroatoms. The van der Waals surface area contributed by atoms with Gasteiger partial charge in [-0.15, -0.1) is 0 Å². The maximum Gasteiger partial charge on any atom is 0.329 e. The fraction of sp³-hybridized carbons (Fsp3) is 0.316. The van der Waals surface area contributed by atoms with Crippen LogP contribution in [0.3, 0.4) is 0 Å². The first kappa shape index (κ1) is 20.8. The summed E-state index contributed by atoms with van der Waals surface area (Å²) in [5.41, 5.74) is 0.838. The number of carbonyl (C=O) groups is 4. The lowest BCUT2D eigenvalue weighted by Gasteiger charge is -2.23. The number of rotatable bonds is 7. The summed E-state index contributed by atoms with van der Waals surface area (Å²) < 4.78 is 13.9. The molecule has 0 fully saturated rings. The Hall–Kier alpha value is -3.49. The van der Waals surface area contributed by atoms with Crippen LogP contribution in [0.15, 0.2) is 36.5 Å². The van der Waals surface area contributed by atoms with E-state index in [1.165, 1.54) is 12.3 Å². The first-order chi connectivity index (χ1) is 13.4. The van der Waals surface area contributed by atoms with Crippen LogP contribution in [0, 0.1) is 5.92 Å². The highest BCUT2D eigenvalue weighted by Gasteiger charge is 2.39. The van der Waals surface area contributed by atoms with E-state index in [1.807, 2.05) is 0 Å². The Labute approximate surface area is 161 Å². The molecule has 1 N–H and O–H groups in total. The van der Waals surface area contributed by atoms with Gasteiger partial charge in [-0.1, -0.05) is 18.2 Å². The fourth-order valence-electron chi connectivity index (χ4n) is 2.72. The van der Waals surface area contributed by atoms with Crippen LogP contribution in [-0.4, -0.2) is 56.2 Å². The molecule has 1 aromatic heterocycles. The quantitative estimate of drug-likeness (QED) is 0.548. The third-order valence-electron chi connectivity index (χ3n) is 4.16. The minimum absolute atomic E-state index is 0.251. The van der Waals surface area contributed by atoms with Crippen molar-refractivity contribution >= 4 is 34.7 Å². The average Bonchev–Trinajstić information content (AvgIpc) is 2.74. The fourth-order valence-corrected chi connectivity index (χ4v) is 2.72. The normalized spacial score (nSPS) is 12.5. The molecular formula is C19H20N2O7. The zero-order chi connectivity index (χ0) is 20.7. The van der Waals surface area contributed by atoms with E-state index in [0.29, 0.717) is 10.9 Å². The number of methoxy groups -OCH3 is 3. The minimum Gasteiger partial charge on any atom is -0.469 e. The molecule has 1 aromatic carbocycles. The van der Waals surface area contributed by atoms with Crippen molar-refractivity contribution in [2.24, 2.45) is 5.92 Å². The second-order valence-electron chi connectivity index (χ2n) is 5.76. The monoisotopic (exact) mass is 388 g/mol. The van der Waals surface area contributed by atoms with Gasteiger partial charge in [-0.25, -0.2) is 4.79 Å². The molecule has 0 unspecified atom stereocenters. The molecule has 0 radical (unpaired) electrons. The summed E-state index contributed by atoms with van der Waals surface area (Å²) in [7, 11) is 3.36. The topological polar surface area (TPSA) is 121 Å². The molecule has 148 valence electrons. The first-order valence-corrected chi connectivity index (χ1v) is 8.30. The van der Waals surface area contributed by atoms with E-state index in [2.05, 4.69) is 19.8 Å². The average molecular weight is 388 g/mol. The van der Waals surface area contributed by atoms with Gasteiger partial charge in [-0.05, 0) is 12.1 Å². The van der Waals surface area contributed by atoms with E-state index in [-0.39, 0.29) is 5.56 Å². The van der Waals surface area contributed by atoms with Gasteiger partial charge < -0.3 is 19.5 Å². The maximum absolute atomic E-state index is 12.8. The SMILES string of the molecule is COC(=O)C[C@H](C(=O)OC)[C@H](NC(=O)c1ccnc2ccccc12)C(=O)OC. The van der Waals surface area contributed by atoms with Crippen LogP contribution in [0.2, 0.25) is 0 Å². The van der Waals surface area contributed by atoms with Gasteiger partial charge in [0.1, 0.15) is 6.04 Å². The van der Waals surface area contributed by atoms with Crippen LogP contribution < -0.4 is 5.32 Å². The van der Waals surface area contributed by atoms with Crippen molar-refractivity contribution in [3.63, 3.8) is 0 Å². The molecule has 0 spiro atoms. The van der Waals surface area contributed by atoms with Gasteiger partial charge in [0.15, 0.2) is 0 Å². The zero-order valence-electron chi connectivity index (χ0n) is 15.6. The van der Waals surface area contributed by atoms with E-state index in [4.69, 9.17) is 4.74 Å². The number of nitrogens with one attached hydrogen (secondary N) is 1. The molecule has 0 saturated heterocycles. The second-order valence-corrected chi connectivity index (χ2v) is 5.76. The summed E-state index contributed by atoms with van der Waals surface area (Å²) >= 11 is 0. The third-order valence-corrected chi connectivity index (χ3v) is 4.16. The molecule has 0 aliphatic rings. The van der Waals surface area contributed by atoms with Gasteiger partial charge in [-0.3, -0.25) is 19.4 Å². The van der Waals surface area contributed by atoms with Gasteiger partial charge in [0.2, 0.25) is 0 Å². The van der Waals surface area contributed by atoms with E-state index in [0.717, 1.165) is 21.3 Å². The maximum atomic E-state index is 12.8. The number of pyridine rings is 1. The standard InChI is InChI=1S/C19H20N2O7/c1-26-15(22)10-13(18(24)27-2)16(19(25)28-3)21-17(23)12-8-9-20-14-7-5-4-6-11(12)14/h4-9,13,16H,10H2,1-3H3,(H,21,23)/t13-,16-/m0/s1. The highest BCUT2D eigenvalue weighted by Crippen LogP contribution is 2.19. The second kappa shape index (κ2) is 9.45.